The first-order chi connectivity index (χ1) is 8.98. The number of benzene rings is 1. The number of anilines is 1. The van der Waals surface area contributed by atoms with E-state index in [-0.39, 0.29) is 17.2 Å². The van der Waals surface area contributed by atoms with Crippen LogP contribution in [0.2, 0.25) is 0 Å². The highest BCUT2D eigenvalue weighted by atomic mass is 32.2. The Labute approximate surface area is 111 Å². The number of rotatable bonds is 3. The number of aliphatic hydroxyl groups excluding tert-OH is 1. The Hall–Kier alpha value is -1.18. The molecule has 0 aliphatic carbocycles. The Morgan fingerprint density at radius 3 is 2.84 bits per heavy atom. The van der Waals surface area contributed by atoms with Crippen LogP contribution >= 0.6 is 0 Å². The molecule has 1 aliphatic heterocycles. The van der Waals surface area contributed by atoms with Gasteiger partial charge in [-0.15, -0.1) is 0 Å². The molecule has 0 spiro atoms. The van der Waals surface area contributed by atoms with Crippen LogP contribution in [0.5, 0.6) is 0 Å². The molecule has 106 valence electrons. The van der Waals surface area contributed by atoms with Crippen LogP contribution in [0.1, 0.15) is 19.3 Å². The van der Waals surface area contributed by atoms with Crippen molar-refractivity contribution >= 4 is 15.7 Å². The zero-order valence-electron chi connectivity index (χ0n) is 10.4. The summed E-state index contributed by atoms with van der Waals surface area (Å²) >= 11 is 0. The van der Waals surface area contributed by atoms with E-state index >= 15 is 0 Å². The van der Waals surface area contributed by atoms with Crippen LogP contribution in [0, 0.1) is 5.82 Å². The lowest BCUT2D eigenvalue weighted by Gasteiger charge is -2.33. The summed E-state index contributed by atoms with van der Waals surface area (Å²) in [7, 11) is -3.87. The van der Waals surface area contributed by atoms with Crippen LogP contribution in [-0.4, -0.2) is 37.0 Å². The van der Waals surface area contributed by atoms with E-state index in [1.54, 1.807) is 0 Å². The van der Waals surface area contributed by atoms with Gasteiger partial charge in [-0.05, 0) is 25.0 Å². The quantitative estimate of drug-likeness (QED) is 0.811. The molecule has 0 bridgehead atoms. The van der Waals surface area contributed by atoms with Crippen molar-refractivity contribution in [2.75, 3.05) is 18.9 Å². The molecule has 1 unspecified atom stereocenters. The van der Waals surface area contributed by atoms with Gasteiger partial charge in [-0.3, -0.25) is 0 Å². The molecule has 1 saturated heterocycles. The van der Waals surface area contributed by atoms with Gasteiger partial charge in [-0.25, -0.2) is 12.8 Å². The van der Waals surface area contributed by atoms with E-state index in [2.05, 4.69) is 0 Å². The van der Waals surface area contributed by atoms with E-state index in [1.807, 2.05) is 0 Å². The molecule has 0 amide bonds. The van der Waals surface area contributed by atoms with E-state index in [0.29, 0.717) is 13.0 Å². The van der Waals surface area contributed by atoms with Gasteiger partial charge < -0.3 is 10.8 Å². The number of nitrogen functional groups attached to an aromatic ring is 1. The highest BCUT2D eigenvalue weighted by Gasteiger charge is 2.34. The van der Waals surface area contributed by atoms with Gasteiger partial charge in [0.25, 0.3) is 0 Å². The Balaban J connectivity index is 2.44. The molecule has 1 aromatic rings. The van der Waals surface area contributed by atoms with Crippen molar-refractivity contribution in [3.63, 3.8) is 0 Å². The fourth-order valence-corrected chi connectivity index (χ4v) is 4.15. The summed E-state index contributed by atoms with van der Waals surface area (Å²) in [5, 5.41) is 9.28. The summed E-state index contributed by atoms with van der Waals surface area (Å²) < 4.78 is 39.6. The monoisotopic (exact) mass is 288 g/mol. The number of halogens is 1. The Morgan fingerprint density at radius 1 is 1.42 bits per heavy atom. The van der Waals surface area contributed by atoms with Gasteiger partial charge in [0.1, 0.15) is 10.7 Å². The Bertz CT molecular complexity index is 562. The predicted octanol–water partition coefficient (Wildman–Crippen LogP) is 0.943. The molecule has 2 rings (SSSR count). The summed E-state index contributed by atoms with van der Waals surface area (Å²) in [6.07, 6.45) is 2.20. The first-order valence-electron chi connectivity index (χ1n) is 6.15. The van der Waals surface area contributed by atoms with Gasteiger partial charge in [-0.1, -0.05) is 12.5 Å². The minimum Gasteiger partial charge on any atom is -0.395 e. The van der Waals surface area contributed by atoms with E-state index < -0.39 is 21.9 Å². The number of nitrogens with two attached hydrogens (primary N) is 1. The van der Waals surface area contributed by atoms with Crippen molar-refractivity contribution in [3.8, 4) is 0 Å². The van der Waals surface area contributed by atoms with Gasteiger partial charge >= 0.3 is 0 Å². The summed E-state index contributed by atoms with van der Waals surface area (Å²) in [6.45, 7) is 0.0813. The van der Waals surface area contributed by atoms with Crippen molar-refractivity contribution < 1.29 is 17.9 Å². The molecule has 0 saturated carbocycles. The molecule has 0 aromatic heterocycles. The van der Waals surface area contributed by atoms with E-state index in [9.17, 15) is 17.9 Å². The molecule has 1 aliphatic rings. The van der Waals surface area contributed by atoms with Crippen LogP contribution in [0.15, 0.2) is 23.1 Å². The van der Waals surface area contributed by atoms with Gasteiger partial charge in [0.15, 0.2) is 0 Å². The Kier molecular flexibility index (Phi) is 4.07. The van der Waals surface area contributed by atoms with Crippen molar-refractivity contribution in [1.82, 2.24) is 4.31 Å². The summed E-state index contributed by atoms with van der Waals surface area (Å²) in [6, 6.07) is 3.27. The number of aliphatic hydroxyl groups is 1. The maximum atomic E-state index is 13.4. The number of para-hydroxylation sites is 1. The summed E-state index contributed by atoms with van der Waals surface area (Å²) in [5.41, 5.74) is 5.15. The van der Waals surface area contributed by atoms with Crippen LogP contribution in [0.25, 0.3) is 0 Å². The van der Waals surface area contributed by atoms with Crippen molar-refractivity contribution in [3.05, 3.63) is 24.0 Å². The molecular formula is C12H17FN2O3S. The first-order valence-corrected chi connectivity index (χ1v) is 7.59. The third-order valence-electron chi connectivity index (χ3n) is 3.38. The fourth-order valence-electron chi connectivity index (χ4n) is 2.34. The second kappa shape index (κ2) is 5.44. The molecule has 0 radical (unpaired) electrons. The highest BCUT2D eigenvalue weighted by Crippen LogP contribution is 2.29. The van der Waals surface area contributed by atoms with Gasteiger partial charge in [0.2, 0.25) is 10.0 Å². The molecule has 5 nitrogen and oxygen atoms in total. The number of hydrogen-bond acceptors (Lipinski definition) is 4. The Morgan fingerprint density at radius 2 is 2.16 bits per heavy atom. The average Bonchev–Trinajstić information content (AvgIpc) is 2.41. The summed E-state index contributed by atoms with van der Waals surface area (Å²) in [4.78, 5) is -0.229. The van der Waals surface area contributed by atoms with Gasteiger partial charge in [0, 0.05) is 12.6 Å². The number of sulfonamides is 1. The average molecular weight is 288 g/mol. The second-order valence-electron chi connectivity index (χ2n) is 4.60. The number of piperidine rings is 1. The zero-order chi connectivity index (χ0) is 14.0. The maximum Gasteiger partial charge on any atom is 0.245 e. The lowest BCUT2D eigenvalue weighted by Crippen LogP contribution is -2.45. The van der Waals surface area contributed by atoms with E-state index in [1.165, 1.54) is 16.4 Å². The number of hydrogen-bond donors (Lipinski definition) is 2. The first kappa shape index (κ1) is 14.2. The largest absolute Gasteiger partial charge is 0.395 e. The minimum atomic E-state index is -3.87. The van der Waals surface area contributed by atoms with Crippen LogP contribution < -0.4 is 5.73 Å². The molecule has 1 atom stereocenters. The second-order valence-corrected chi connectivity index (χ2v) is 6.46. The molecule has 1 aromatic carbocycles. The van der Waals surface area contributed by atoms with E-state index in [4.69, 9.17) is 5.73 Å². The van der Waals surface area contributed by atoms with Crippen molar-refractivity contribution in [1.29, 1.82) is 0 Å². The molecular weight excluding hydrogens is 271 g/mol. The molecule has 1 fully saturated rings. The van der Waals surface area contributed by atoms with Crippen molar-refractivity contribution in [2.24, 2.45) is 0 Å². The SMILES string of the molecule is Nc1c(F)cccc1S(=O)(=O)N1CCCCC1CO. The zero-order valence-corrected chi connectivity index (χ0v) is 11.2. The normalized spacial score (nSPS) is 21.5. The van der Waals surface area contributed by atoms with Crippen LogP contribution in [0.3, 0.4) is 0 Å². The van der Waals surface area contributed by atoms with E-state index in [0.717, 1.165) is 18.9 Å². The maximum absolute atomic E-state index is 13.4. The van der Waals surface area contributed by atoms with Crippen LogP contribution in [0.4, 0.5) is 10.1 Å². The van der Waals surface area contributed by atoms with Crippen LogP contribution in [-0.2, 0) is 10.0 Å². The fraction of sp³-hybridized carbons (Fsp3) is 0.500. The molecule has 19 heavy (non-hydrogen) atoms. The van der Waals surface area contributed by atoms with Gasteiger partial charge in [0.05, 0.1) is 12.3 Å². The molecule has 1 heterocycles. The number of nitrogens with zero attached hydrogens (tertiary/aromatic N) is 1. The molecule has 7 heteroatoms. The third kappa shape index (κ3) is 2.58. The smallest absolute Gasteiger partial charge is 0.245 e. The van der Waals surface area contributed by atoms with Crippen molar-refractivity contribution in [2.45, 2.75) is 30.2 Å². The third-order valence-corrected chi connectivity index (χ3v) is 5.39. The predicted molar refractivity (Wildman–Crippen MR) is 69.4 cm³/mol. The minimum absolute atomic E-state index is 0.229. The lowest BCUT2D eigenvalue weighted by molar-refractivity contribution is 0.155. The molecule has 3 N–H and O–H groups in total. The lowest BCUT2D eigenvalue weighted by atomic mass is 10.1. The highest BCUT2D eigenvalue weighted by molar-refractivity contribution is 7.89. The topological polar surface area (TPSA) is 83.6 Å². The summed E-state index contributed by atoms with van der Waals surface area (Å²) in [5.74, 6) is -0.751. The standard InChI is InChI=1S/C12H17FN2O3S/c13-10-5-3-6-11(12(10)14)19(17,18)15-7-2-1-4-9(15)8-16/h3,5-6,9,16H,1-2,4,7-8,14H2. The van der Waals surface area contributed by atoms with Gasteiger partial charge in [-0.2, -0.15) is 4.31 Å².